The number of carbonyl (C=O) groups is 2. The van der Waals surface area contributed by atoms with E-state index in [4.69, 9.17) is 16.2 Å². The predicted molar refractivity (Wildman–Crippen MR) is 139 cm³/mol. The minimum atomic E-state index is -0.771. The molecule has 3 aromatic rings. The number of aromatic amines is 1. The second kappa shape index (κ2) is 11.7. The highest BCUT2D eigenvalue weighted by atomic mass is 16.5. The summed E-state index contributed by atoms with van der Waals surface area (Å²) in [5, 5.41) is 0. The minimum Gasteiger partial charge on any atom is -0.496 e. The summed E-state index contributed by atoms with van der Waals surface area (Å²) < 4.78 is 6.67. The molecule has 2 aromatic carbocycles. The first-order chi connectivity index (χ1) is 17.3. The van der Waals surface area contributed by atoms with Crippen molar-refractivity contribution in [2.45, 2.75) is 32.9 Å². The lowest BCUT2D eigenvalue weighted by Crippen LogP contribution is -2.40. The van der Waals surface area contributed by atoms with E-state index in [2.05, 4.69) is 4.98 Å². The Morgan fingerprint density at radius 2 is 1.81 bits per heavy atom. The van der Waals surface area contributed by atoms with Crippen LogP contribution in [0.1, 0.15) is 41.3 Å². The van der Waals surface area contributed by atoms with Crippen LogP contribution >= 0.6 is 0 Å². The van der Waals surface area contributed by atoms with E-state index < -0.39 is 23.1 Å². The van der Waals surface area contributed by atoms with Crippen LogP contribution in [0.4, 0.5) is 11.5 Å². The maximum atomic E-state index is 13.4. The van der Waals surface area contributed by atoms with Crippen LogP contribution in [0.15, 0.2) is 64.2 Å². The maximum Gasteiger partial charge on any atom is 0.330 e. The number of H-pyrrole nitrogens is 1. The van der Waals surface area contributed by atoms with Gasteiger partial charge in [0, 0.05) is 23.7 Å². The molecule has 188 valence electrons. The molecule has 0 fully saturated rings. The number of nitrogens with two attached hydrogens (primary N) is 2. The molecule has 0 aliphatic heterocycles. The molecular weight excluding hydrogens is 462 g/mol. The molecule has 0 saturated carbocycles. The van der Waals surface area contributed by atoms with E-state index >= 15 is 0 Å². The van der Waals surface area contributed by atoms with Gasteiger partial charge in [-0.15, -0.1) is 0 Å². The van der Waals surface area contributed by atoms with Crippen LogP contribution in [0.2, 0.25) is 0 Å². The highest BCUT2D eigenvalue weighted by Crippen LogP contribution is 2.25. The molecule has 5 N–H and O–H groups in total. The fourth-order valence-electron chi connectivity index (χ4n) is 3.66. The number of amides is 2. The van der Waals surface area contributed by atoms with E-state index in [1.807, 2.05) is 6.92 Å². The monoisotopic (exact) mass is 491 g/mol. The van der Waals surface area contributed by atoms with Gasteiger partial charge in [0.2, 0.25) is 5.91 Å². The summed E-state index contributed by atoms with van der Waals surface area (Å²) >= 11 is 0. The first-order valence-electron chi connectivity index (χ1n) is 11.4. The molecule has 0 bridgehead atoms. The minimum absolute atomic E-state index is 0.0347. The second-order valence-corrected chi connectivity index (χ2v) is 8.05. The van der Waals surface area contributed by atoms with Gasteiger partial charge in [-0.3, -0.25) is 28.8 Å². The number of nitrogen functional groups attached to an aromatic ring is 1. The van der Waals surface area contributed by atoms with Crippen LogP contribution < -0.4 is 32.4 Å². The molecule has 1 aromatic heterocycles. The Bertz CT molecular complexity index is 1390. The number of primary amides is 1. The molecule has 0 aliphatic rings. The number of rotatable bonds is 10. The number of methoxy groups -OCH3 is 1. The van der Waals surface area contributed by atoms with Gasteiger partial charge in [0.15, 0.2) is 5.69 Å². The summed E-state index contributed by atoms with van der Waals surface area (Å²) in [5.41, 5.74) is 11.6. The van der Waals surface area contributed by atoms with Crippen molar-refractivity contribution in [2.24, 2.45) is 5.73 Å². The number of nitrogens with one attached hydrogen (secondary N) is 1. The molecule has 10 heteroatoms. The zero-order valence-corrected chi connectivity index (χ0v) is 20.2. The lowest BCUT2D eigenvalue weighted by atomic mass is 10.1. The zero-order chi connectivity index (χ0) is 26.2. The number of anilines is 2. The lowest BCUT2D eigenvalue weighted by Gasteiger charge is -2.24. The lowest BCUT2D eigenvalue weighted by molar-refractivity contribution is -0.114. The molecule has 0 unspecified atom stereocenters. The van der Waals surface area contributed by atoms with Crippen LogP contribution in [-0.2, 0) is 17.9 Å². The summed E-state index contributed by atoms with van der Waals surface area (Å²) in [6, 6.07) is 13.5. The van der Waals surface area contributed by atoms with E-state index in [1.54, 1.807) is 54.6 Å². The van der Waals surface area contributed by atoms with E-state index in [9.17, 15) is 19.2 Å². The SMILES string of the molecule is CCCCn1c(N)c(N(Cc2ccccc2OC)C(=O)C=Cc2ccc(C(N)=O)cc2)c(=O)[nH]c1=O. The first-order valence-corrected chi connectivity index (χ1v) is 11.4. The molecule has 0 atom stereocenters. The number of aromatic nitrogens is 2. The van der Waals surface area contributed by atoms with E-state index in [0.29, 0.717) is 35.4 Å². The molecule has 2 amide bonds. The van der Waals surface area contributed by atoms with E-state index in [1.165, 1.54) is 22.7 Å². The van der Waals surface area contributed by atoms with Crippen molar-refractivity contribution in [1.82, 2.24) is 9.55 Å². The topological polar surface area (TPSA) is 154 Å². The van der Waals surface area contributed by atoms with Gasteiger partial charge in [0.05, 0.1) is 13.7 Å². The van der Waals surface area contributed by atoms with Gasteiger partial charge in [-0.25, -0.2) is 4.79 Å². The van der Waals surface area contributed by atoms with Crippen LogP contribution in [0.25, 0.3) is 6.08 Å². The van der Waals surface area contributed by atoms with Gasteiger partial charge in [0.1, 0.15) is 11.6 Å². The molecule has 36 heavy (non-hydrogen) atoms. The van der Waals surface area contributed by atoms with Crippen molar-refractivity contribution in [3.8, 4) is 5.75 Å². The number of carbonyl (C=O) groups excluding carboxylic acids is 2. The molecule has 10 nitrogen and oxygen atoms in total. The summed E-state index contributed by atoms with van der Waals surface area (Å²) in [7, 11) is 1.51. The fourth-order valence-corrected chi connectivity index (χ4v) is 3.66. The van der Waals surface area contributed by atoms with Crippen molar-refractivity contribution in [2.75, 3.05) is 17.7 Å². The average Bonchev–Trinajstić information content (AvgIpc) is 2.86. The Kier molecular flexibility index (Phi) is 8.45. The molecule has 0 spiro atoms. The third kappa shape index (κ3) is 5.90. The Morgan fingerprint density at radius 3 is 2.44 bits per heavy atom. The average molecular weight is 492 g/mol. The summed E-state index contributed by atoms with van der Waals surface area (Å²) in [6.07, 6.45) is 4.30. The number of hydrogen-bond acceptors (Lipinski definition) is 6. The van der Waals surface area contributed by atoms with Gasteiger partial charge < -0.3 is 16.2 Å². The van der Waals surface area contributed by atoms with Crippen LogP contribution in [0, 0.1) is 0 Å². The molecule has 0 radical (unpaired) electrons. The maximum absolute atomic E-state index is 13.4. The molecular formula is C26H29N5O5. The smallest absolute Gasteiger partial charge is 0.330 e. The molecule has 0 aliphatic carbocycles. The Balaban J connectivity index is 2.07. The summed E-state index contributed by atoms with van der Waals surface area (Å²) in [4.78, 5) is 53.5. The predicted octanol–water partition coefficient (Wildman–Crippen LogP) is 2.27. The van der Waals surface area contributed by atoms with E-state index in [0.717, 1.165) is 6.42 Å². The van der Waals surface area contributed by atoms with Crippen LogP contribution in [0.5, 0.6) is 5.75 Å². The number of nitrogens with zero attached hydrogens (tertiary/aromatic N) is 2. The summed E-state index contributed by atoms with van der Waals surface area (Å²) in [5.74, 6) is -0.675. The quantitative estimate of drug-likeness (QED) is 0.370. The largest absolute Gasteiger partial charge is 0.496 e. The zero-order valence-electron chi connectivity index (χ0n) is 20.2. The van der Waals surface area contributed by atoms with Gasteiger partial charge >= 0.3 is 5.69 Å². The first kappa shape index (κ1) is 26.0. The number of unbranched alkanes of at least 4 members (excludes halogenated alkanes) is 1. The highest BCUT2D eigenvalue weighted by Gasteiger charge is 2.24. The summed E-state index contributed by atoms with van der Waals surface area (Å²) in [6.45, 7) is 2.23. The third-order valence-electron chi connectivity index (χ3n) is 5.62. The Labute approximate surface area is 207 Å². The number of hydrogen-bond donors (Lipinski definition) is 3. The second-order valence-electron chi connectivity index (χ2n) is 8.05. The van der Waals surface area contributed by atoms with Crippen LogP contribution in [-0.4, -0.2) is 28.5 Å². The van der Waals surface area contributed by atoms with Crippen molar-refractivity contribution < 1.29 is 14.3 Å². The van der Waals surface area contributed by atoms with Gasteiger partial charge in [-0.05, 0) is 36.3 Å². The standard InChI is InChI=1S/C26H29N5O5/c1-3-4-15-30-23(27)22(25(34)29-26(30)35)31(16-19-7-5-6-8-20(19)36-2)21(32)14-11-17-9-12-18(13-10-17)24(28)33/h5-14H,3-4,15-16,27H2,1-2H3,(H2,28,33)(H,29,34,35). The number of para-hydroxylation sites is 1. The highest BCUT2D eigenvalue weighted by molar-refractivity contribution is 6.05. The van der Waals surface area contributed by atoms with Crippen molar-refractivity contribution in [3.63, 3.8) is 0 Å². The van der Waals surface area contributed by atoms with Gasteiger partial charge in [0.25, 0.3) is 11.5 Å². The fraction of sp³-hybridized carbons (Fsp3) is 0.231. The Morgan fingerprint density at radius 1 is 1.11 bits per heavy atom. The van der Waals surface area contributed by atoms with Crippen molar-refractivity contribution in [3.05, 3.63) is 92.1 Å². The Hall–Kier alpha value is -4.60. The van der Waals surface area contributed by atoms with Crippen molar-refractivity contribution in [1.29, 1.82) is 0 Å². The van der Waals surface area contributed by atoms with Crippen LogP contribution in [0.3, 0.4) is 0 Å². The van der Waals surface area contributed by atoms with E-state index in [-0.39, 0.29) is 18.1 Å². The molecule has 3 rings (SSSR count). The van der Waals surface area contributed by atoms with Gasteiger partial charge in [-0.2, -0.15) is 0 Å². The molecule has 1 heterocycles. The van der Waals surface area contributed by atoms with Crippen molar-refractivity contribution >= 4 is 29.4 Å². The number of benzene rings is 2. The normalized spacial score (nSPS) is 10.9. The van der Waals surface area contributed by atoms with Gasteiger partial charge in [-0.1, -0.05) is 43.7 Å². The third-order valence-corrected chi connectivity index (χ3v) is 5.62. The number of ether oxygens (including phenoxy) is 1. The molecule has 0 saturated heterocycles.